The lowest BCUT2D eigenvalue weighted by Gasteiger charge is -2.04. The van der Waals surface area contributed by atoms with E-state index in [-0.39, 0.29) is 11.9 Å². The van der Waals surface area contributed by atoms with Gasteiger partial charge in [0.05, 0.1) is 6.61 Å². The van der Waals surface area contributed by atoms with Crippen LogP contribution in [0.25, 0.3) is 0 Å². The maximum Gasteiger partial charge on any atom is 0.333 e. The predicted octanol–water partition coefficient (Wildman–Crippen LogP) is 2.33. The minimum Gasteiger partial charge on any atom is -0.462 e. The normalized spacial score (nSPS) is 15.8. The number of carbonyl (C=O) groups excluding carboxylic acids is 2. The van der Waals surface area contributed by atoms with E-state index in [9.17, 15) is 9.59 Å². The Kier molecular flexibility index (Phi) is 7.68. The van der Waals surface area contributed by atoms with E-state index >= 15 is 0 Å². The Labute approximate surface area is 130 Å². The average molecular weight is 310 g/mol. The van der Waals surface area contributed by atoms with Crippen molar-refractivity contribution in [3.05, 3.63) is 23.9 Å². The molecule has 1 heterocycles. The molecule has 0 radical (unpaired) electrons. The summed E-state index contributed by atoms with van der Waals surface area (Å²) in [6.07, 6.45) is 7.83. The standard InChI is InChI=1S/C15H22N2O3S/c1-11(2)14(19)20-10-8-6-4-3-5-7-9-12-13(18)17-15(21)16-12/h9H,1,3-8,10H2,2H3,(H2,16,17,18,21)/b12-9-. The van der Waals surface area contributed by atoms with Crippen LogP contribution in [0.2, 0.25) is 0 Å². The van der Waals surface area contributed by atoms with Crippen LogP contribution in [0.5, 0.6) is 0 Å². The van der Waals surface area contributed by atoms with Gasteiger partial charge in [-0.15, -0.1) is 0 Å². The van der Waals surface area contributed by atoms with Crippen LogP contribution in [-0.2, 0) is 14.3 Å². The fourth-order valence-electron chi connectivity index (χ4n) is 1.84. The summed E-state index contributed by atoms with van der Waals surface area (Å²) in [7, 11) is 0. The Morgan fingerprint density at radius 1 is 1.24 bits per heavy atom. The zero-order chi connectivity index (χ0) is 15.7. The molecule has 1 amide bonds. The lowest BCUT2D eigenvalue weighted by Crippen LogP contribution is -2.21. The number of thiocarbonyl (C=S) groups is 1. The summed E-state index contributed by atoms with van der Waals surface area (Å²) in [4.78, 5) is 22.5. The van der Waals surface area contributed by atoms with Gasteiger partial charge in [0.15, 0.2) is 5.11 Å². The first kappa shape index (κ1) is 17.4. The van der Waals surface area contributed by atoms with Crippen molar-refractivity contribution in [3.8, 4) is 0 Å². The number of nitrogens with one attached hydrogen (secondary N) is 2. The molecular formula is C15H22N2O3S. The number of esters is 1. The van der Waals surface area contributed by atoms with Crippen LogP contribution in [0, 0.1) is 0 Å². The SMILES string of the molecule is C=C(C)C(=O)OCCCCCCC/C=C1\NC(=S)NC1=O. The Morgan fingerprint density at radius 3 is 2.52 bits per heavy atom. The van der Waals surface area contributed by atoms with Gasteiger partial charge in [0.2, 0.25) is 0 Å². The van der Waals surface area contributed by atoms with E-state index < -0.39 is 0 Å². The second-order valence-corrected chi connectivity index (χ2v) is 5.41. The molecule has 6 heteroatoms. The quantitative estimate of drug-likeness (QED) is 0.296. The van der Waals surface area contributed by atoms with Crippen LogP contribution in [0.4, 0.5) is 0 Å². The van der Waals surface area contributed by atoms with Crippen molar-refractivity contribution < 1.29 is 14.3 Å². The van der Waals surface area contributed by atoms with Crippen LogP contribution in [0.15, 0.2) is 23.9 Å². The molecule has 2 N–H and O–H groups in total. The van der Waals surface area contributed by atoms with E-state index in [2.05, 4.69) is 17.2 Å². The van der Waals surface area contributed by atoms with Crippen molar-refractivity contribution in [2.24, 2.45) is 0 Å². The minimum absolute atomic E-state index is 0.153. The zero-order valence-electron chi connectivity index (χ0n) is 12.4. The summed E-state index contributed by atoms with van der Waals surface area (Å²) in [5.74, 6) is -0.471. The molecular weight excluding hydrogens is 288 g/mol. The summed E-state index contributed by atoms with van der Waals surface area (Å²) < 4.78 is 5.01. The fraction of sp³-hybridized carbons (Fsp3) is 0.533. The van der Waals surface area contributed by atoms with Crippen molar-refractivity contribution in [3.63, 3.8) is 0 Å². The van der Waals surface area contributed by atoms with Gasteiger partial charge in [-0.05, 0) is 38.4 Å². The summed E-state index contributed by atoms with van der Waals surface area (Å²) in [6.45, 7) is 5.62. The first-order chi connectivity index (χ1) is 10.0. The number of rotatable bonds is 9. The topological polar surface area (TPSA) is 67.4 Å². The smallest absolute Gasteiger partial charge is 0.333 e. The second kappa shape index (κ2) is 9.28. The van der Waals surface area contributed by atoms with Crippen LogP contribution in [0.3, 0.4) is 0 Å². The lowest BCUT2D eigenvalue weighted by atomic mass is 10.1. The van der Waals surface area contributed by atoms with E-state index in [4.69, 9.17) is 17.0 Å². The number of carbonyl (C=O) groups is 2. The Morgan fingerprint density at radius 2 is 1.90 bits per heavy atom. The maximum absolute atomic E-state index is 11.3. The zero-order valence-corrected chi connectivity index (χ0v) is 13.2. The molecule has 0 aliphatic carbocycles. The van der Waals surface area contributed by atoms with Gasteiger partial charge in [0, 0.05) is 5.57 Å². The molecule has 1 aliphatic heterocycles. The molecule has 1 saturated heterocycles. The molecule has 0 unspecified atom stereocenters. The highest BCUT2D eigenvalue weighted by molar-refractivity contribution is 7.80. The third-order valence-electron chi connectivity index (χ3n) is 3.00. The number of ether oxygens (including phenoxy) is 1. The van der Waals surface area contributed by atoms with Gasteiger partial charge in [-0.2, -0.15) is 0 Å². The van der Waals surface area contributed by atoms with E-state index in [1.54, 1.807) is 6.92 Å². The monoisotopic (exact) mass is 310 g/mol. The summed E-state index contributed by atoms with van der Waals surface area (Å²) >= 11 is 4.84. The van der Waals surface area contributed by atoms with Gasteiger partial charge in [-0.1, -0.05) is 31.9 Å². The van der Waals surface area contributed by atoms with E-state index in [0.717, 1.165) is 38.5 Å². The molecule has 0 atom stereocenters. The van der Waals surface area contributed by atoms with E-state index in [1.165, 1.54) is 0 Å². The van der Waals surface area contributed by atoms with Crippen LogP contribution < -0.4 is 10.6 Å². The van der Waals surface area contributed by atoms with Crippen molar-refractivity contribution >= 4 is 29.2 Å². The molecule has 1 fully saturated rings. The number of amides is 1. The predicted molar refractivity (Wildman–Crippen MR) is 85.4 cm³/mol. The first-order valence-corrected chi connectivity index (χ1v) is 7.56. The highest BCUT2D eigenvalue weighted by Crippen LogP contribution is 2.08. The summed E-state index contributed by atoms with van der Waals surface area (Å²) in [6, 6.07) is 0. The lowest BCUT2D eigenvalue weighted by molar-refractivity contribution is -0.139. The number of hydrogen-bond acceptors (Lipinski definition) is 4. The molecule has 0 bridgehead atoms. The molecule has 0 aromatic rings. The summed E-state index contributed by atoms with van der Waals surface area (Å²) in [5, 5.41) is 5.71. The molecule has 1 aliphatic rings. The van der Waals surface area contributed by atoms with Gasteiger partial charge >= 0.3 is 5.97 Å². The molecule has 0 aromatic carbocycles. The largest absolute Gasteiger partial charge is 0.462 e. The highest BCUT2D eigenvalue weighted by atomic mass is 32.1. The van der Waals surface area contributed by atoms with Crippen molar-refractivity contribution in [2.75, 3.05) is 6.61 Å². The second-order valence-electron chi connectivity index (χ2n) is 5.00. The van der Waals surface area contributed by atoms with Crippen molar-refractivity contribution in [1.82, 2.24) is 10.6 Å². The Balaban J connectivity index is 1.97. The average Bonchev–Trinajstić information content (AvgIpc) is 2.74. The Bertz CT molecular complexity index is 458. The number of hydrogen-bond donors (Lipinski definition) is 2. The first-order valence-electron chi connectivity index (χ1n) is 7.16. The van der Waals surface area contributed by atoms with Crippen LogP contribution in [0.1, 0.15) is 45.4 Å². The van der Waals surface area contributed by atoms with Crippen molar-refractivity contribution in [2.45, 2.75) is 45.4 Å². The third-order valence-corrected chi connectivity index (χ3v) is 3.20. The summed E-state index contributed by atoms with van der Waals surface area (Å²) in [5.41, 5.74) is 0.985. The molecule has 5 nitrogen and oxygen atoms in total. The molecule has 0 aromatic heterocycles. The van der Waals surface area contributed by atoms with Gasteiger partial charge < -0.3 is 10.1 Å². The fourth-order valence-corrected chi connectivity index (χ4v) is 2.04. The van der Waals surface area contributed by atoms with Gasteiger partial charge in [0.25, 0.3) is 5.91 Å². The van der Waals surface area contributed by atoms with Crippen LogP contribution >= 0.6 is 12.2 Å². The molecule has 116 valence electrons. The van der Waals surface area contributed by atoms with Gasteiger partial charge in [0.1, 0.15) is 5.70 Å². The third kappa shape index (κ3) is 7.04. The maximum atomic E-state index is 11.3. The van der Waals surface area contributed by atoms with Gasteiger partial charge in [-0.3, -0.25) is 10.1 Å². The van der Waals surface area contributed by atoms with E-state index in [0.29, 0.717) is 23.0 Å². The Hall–Kier alpha value is -1.69. The van der Waals surface area contributed by atoms with E-state index in [1.807, 2.05) is 6.08 Å². The molecule has 21 heavy (non-hydrogen) atoms. The molecule has 0 spiro atoms. The van der Waals surface area contributed by atoms with Crippen molar-refractivity contribution in [1.29, 1.82) is 0 Å². The van der Waals surface area contributed by atoms with Gasteiger partial charge in [-0.25, -0.2) is 4.79 Å². The van der Waals surface area contributed by atoms with Crippen LogP contribution in [-0.4, -0.2) is 23.6 Å². The number of allylic oxidation sites excluding steroid dienone is 1. The molecule has 1 rings (SSSR count). The minimum atomic E-state index is -0.318. The molecule has 0 saturated carbocycles. The number of unbranched alkanes of at least 4 members (excludes halogenated alkanes) is 5. The highest BCUT2D eigenvalue weighted by Gasteiger charge is 2.18.